The molecule has 0 aliphatic heterocycles. The number of carbonyl (C=O) groups excluding carboxylic acids is 2. The summed E-state index contributed by atoms with van der Waals surface area (Å²) in [4.78, 5) is 23.2. The predicted molar refractivity (Wildman–Crippen MR) is 121 cm³/mol. The van der Waals surface area contributed by atoms with Crippen LogP contribution >= 0.6 is 0 Å². The minimum absolute atomic E-state index is 0.00734. The van der Waals surface area contributed by atoms with Gasteiger partial charge in [0.05, 0.1) is 11.1 Å². The summed E-state index contributed by atoms with van der Waals surface area (Å²) < 4.78 is 12.7. The van der Waals surface area contributed by atoms with Gasteiger partial charge in [0.1, 0.15) is 11.2 Å². The number of ether oxygens (including phenoxy) is 2. The zero-order valence-corrected chi connectivity index (χ0v) is 20.2. The van der Waals surface area contributed by atoms with Gasteiger partial charge in [-0.2, -0.15) is 0 Å². The van der Waals surface area contributed by atoms with Gasteiger partial charge in [-0.15, -0.1) is 0 Å². The van der Waals surface area contributed by atoms with E-state index in [1.165, 1.54) is 0 Å². The van der Waals surface area contributed by atoms with Gasteiger partial charge in [0.25, 0.3) is 0 Å². The first kappa shape index (κ1) is 23.0. The van der Waals surface area contributed by atoms with E-state index >= 15 is 0 Å². The second-order valence-corrected chi connectivity index (χ2v) is 12.6. The number of alkyl carbamates (subject to hydrolysis) is 2. The number of hydrogen-bond acceptors (Lipinski definition) is 5. The molecule has 0 atom stereocenters. The molecule has 0 radical (unpaired) electrons. The average molecular weight is 447 g/mol. The van der Waals surface area contributed by atoms with Crippen molar-refractivity contribution in [1.82, 2.24) is 15.2 Å². The van der Waals surface area contributed by atoms with Crippen molar-refractivity contribution in [2.75, 3.05) is 0 Å². The van der Waals surface area contributed by atoms with Crippen LogP contribution in [0.15, 0.2) is 24.5 Å². The Balaban J connectivity index is 0.000000158. The number of aromatic nitrogens is 1. The summed E-state index contributed by atoms with van der Waals surface area (Å²) in [6.45, 7) is 11.2. The normalized spacial score (nSPS) is 36.0. The Morgan fingerprint density at radius 2 is 1.16 bits per heavy atom. The molecule has 1 heterocycles. The van der Waals surface area contributed by atoms with Crippen molar-refractivity contribution in [3.8, 4) is 0 Å². The highest BCUT2D eigenvalue weighted by Crippen LogP contribution is 2.65. The number of rotatable bonds is 3. The van der Waals surface area contributed by atoms with Crippen LogP contribution in [0.1, 0.15) is 80.1 Å². The van der Waals surface area contributed by atoms with Crippen molar-refractivity contribution in [3.63, 3.8) is 0 Å². The summed E-state index contributed by atoms with van der Waals surface area (Å²) in [7, 11) is 0. The smallest absolute Gasteiger partial charge is 0.408 e. The molecule has 0 aromatic carbocycles. The molecule has 7 rings (SSSR count). The number of nitrogens with two attached hydrogens (primary N) is 1. The lowest BCUT2D eigenvalue weighted by Gasteiger charge is -2.70. The Morgan fingerprint density at radius 3 is 1.50 bits per heavy atom. The molecule has 1 aromatic rings. The van der Waals surface area contributed by atoms with Crippen molar-refractivity contribution in [1.29, 1.82) is 0 Å². The van der Waals surface area contributed by atoms with E-state index in [0.29, 0.717) is 0 Å². The van der Waals surface area contributed by atoms with Crippen LogP contribution in [0.3, 0.4) is 0 Å². The maximum Gasteiger partial charge on any atom is 0.408 e. The fraction of sp³-hybridized carbons (Fsp3) is 0.750. The van der Waals surface area contributed by atoms with Crippen molar-refractivity contribution < 1.29 is 19.1 Å². The highest BCUT2D eigenvalue weighted by atomic mass is 16.6. The van der Waals surface area contributed by atoms with Crippen LogP contribution in [-0.4, -0.2) is 44.6 Å². The molecule has 0 unspecified atom stereocenters. The Hall–Kier alpha value is -2.22. The zero-order chi connectivity index (χ0) is 23.6. The Morgan fingerprint density at radius 1 is 0.781 bits per heavy atom. The average Bonchev–Trinajstić information content (AvgIpc) is 2.97. The van der Waals surface area contributed by atoms with Gasteiger partial charge in [0.15, 0.2) is 0 Å². The van der Waals surface area contributed by atoms with Crippen LogP contribution in [-0.2, 0) is 15.0 Å². The minimum Gasteiger partial charge on any atom is -0.444 e. The highest BCUT2D eigenvalue weighted by Gasteiger charge is 2.70. The van der Waals surface area contributed by atoms with Crippen LogP contribution in [0, 0.1) is 0 Å². The fourth-order valence-electron chi connectivity index (χ4n) is 5.83. The lowest BCUT2D eigenvalue weighted by atomic mass is 9.44. The summed E-state index contributed by atoms with van der Waals surface area (Å²) in [6.07, 6.45) is 9.38. The first-order chi connectivity index (χ1) is 14.5. The van der Waals surface area contributed by atoms with Crippen LogP contribution in [0.4, 0.5) is 9.59 Å². The quantitative estimate of drug-likeness (QED) is 0.655. The van der Waals surface area contributed by atoms with Gasteiger partial charge in [0, 0.05) is 23.5 Å². The molecule has 32 heavy (non-hydrogen) atoms. The zero-order valence-electron chi connectivity index (χ0n) is 20.2. The Labute approximate surface area is 190 Å². The van der Waals surface area contributed by atoms with Gasteiger partial charge < -0.3 is 30.4 Å². The molecule has 4 bridgehead atoms. The first-order valence-electron chi connectivity index (χ1n) is 11.5. The molecule has 6 fully saturated rings. The minimum atomic E-state index is -0.425. The molecule has 6 saturated carbocycles. The third kappa shape index (κ3) is 4.47. The van der Waals surface area contributed by atoms with Crippen LogP contribution < -0.4 is 16.4 Å². The third-order valence-electron chi connectivity index (χ3n) is 6.76. The molecule has 8 heteroatoms. The summed E-state index contributed by atoms with van der Waals surface area (Å²) in [5.41, 5.74) is 5.28. The van der Waals surface area contributed by atoms with E-state index in [-0.39, 0.29) is 34.3 Å². The second-order valence-electron chi connectivity index (χ2n) is 12.6. The third-order valence-corrected chi connectivity index (χ3v) is 6.76. The van der Waals surface area contributed by atoms with Gasteiger partial charge in [-0.3, -0.25) is 0 Å². The van der Waals surface area contributed by atoms with E-state index in [2.05, 4.69) is 27.6 Å². The molecule has 1 aromatic heterocycles. The number of nitrogens with one attached hydrogen (secondary N) is 2. The van der Waals surface area contributed by atoms with Crippen LogP contribution in [0.2, 0.25) is 0 Å². The van der Waals surface area contributed by atoms with Gasteiger partial charge in [0.2, 0.25) is 0 Å². The topological polar surface area (TPSA) is 108 Å². The maximum atomic E-state index is 11.7. The molecule has 4 N–H and O–H groups in total. The van der Waals surface area contributed by atoms with Crippen molar-refractivity contribution in [3.05, 3.63) is 24.5 Å². The van der Waals surface area contributed by atoms with Gasteiger partial charge >= 0.3 is 12.2 Å². The van der Waals surface area contributed by atoms with Gasteiger partial charge in [-0.1, -0.05) is 0 Å². The predicted octanol–water partition coefficient (Wildman–Crippen LogP) is 3.79. The summed E-state index contributed by atoms with van der Waals surface area (Å²) in [5.74, 6) is 0. The van der Waals surface area contributed by atoms with E-state index in [1.54, 1.807) is 0 Å². The monoisotopic (exact) mass is 446 g/mol. The second kappa shape index (κ2) is 6.89. The summed E-state index contributed by atoms with van der Waals surface area (Å²) >= 11 is 0. The molecular formula is C24H38N4O4. The number of hydrogen-bond donors (Lipinski definition) is 3. The summed E-state index contributed by atoms with van der Waals surface area (Å²) in [5, 5.41) is 5.93. The van der Waals surface area contributed by atoms with Crippen molar-refractivity contribution in [2.24, 2.45) is 5.73 Å². The van der Waals surface area contributed by atoms with E-state index in [1.807, 2.05) is 53.7 Å². The number of nitrogens with zero attached hydrogens (tertiary/aromatic N) is 1. The largest absolute Gasteiger partial charge is 0.444 e. The molecule has 8 nitrogen and oxygen atoms in total. The molecule has 6 aliphatic rings. The van der Waals surface area contributed by atoms with Crippen LogP contribution in [0.25, 0.3) is 0 Å². The molecule has 2 amide bonds. The van der Waals surface area contributed by atoms with E-state index in [4.69, 9.17) is 15.2 Å². The van der Waals surface area contributed by atoms with Gasteiger partial charge in [-0.05, 0) is 92.2 Å². The van der Waals surface area contributed by atoms with Crippen molar-refractivity contribution in [2.45, 2.75) is 113 Å². The number of amides is 2. The first-order valence-corrected chi connectivity index (χ1v) is 11.5. The number of carbonyl (C=O) groups is 2. The molecule has 6 aliphatic carbocycles. The lowest BCUT2D eigenvalue weighted by molar-refractivity contribution is -0.136. The lowest BCUT2D eigenvalue weighted by Crippen LogP contribution is -2.82. The SMILES string of the molecule is CC(C)(C)OC(=O)NC12CC(N)(C1)C2.CC(C)(C)OC(=O)NC12CC(n3cccc3)(C1)C2. The van der Waals surface area contributed by atoms with Gasteiger partial charge in [-0.25, -0.2) is 9.59 Å². The standard InChI is InChI=1S/C14H20N2O2.C10H18N2O2/c1-12(2,3)18-11(17)15-13-8-14(9-13,10-13)16-6-4-5-7-16;1-8(2,3)14-7(13)12-10-4-9(11,5-10)6-10/h4-7H,8-10H2,1-3H3,(H,15,17);4-6,11H2,1-3H3,(H,12,13). The van der Waals surface area contributed by atoms with E-state index in [9.17, 15) is 9.59 Å². The molecular weight excluding hydrogens is 408 g/mol. The molecule has 0 spiro atoms. The highest BCUT2D eigenvalue weighted by molar-refractivity contribution is 5.70. The molecule has 178 valence electrons. The molecule has 0 saturated heterocycles. The summed E-state index contributed by atoms with van der Waals surface area (Å²) in [6, 6.07) is 4.10. The van der Waals surface area contributed by atoms with E-state index in [0.717, 1.165) is 38.5 Å². The van der Waals surface area contributed by atoms with Crippen molar-refractivity contribution >= 4 is 12.2 Å². The van der Waals surface area contributed by atoms with Crippen LogP contribution in [0.5, 0.6) is 0 Å². The van der Waals surface area contributed by atoms with E-state index < -0.39 is 11.2 Å². The Bertz CT molecular complexity index is 855. The fourth-order valence-corrected chi connectivity index (χ4v) is 5.83. The Kier molecular flexibility index (Phi) is 4.94. The maximum absolute atomic E-state index is 11.7.